The largest absolute Gasteiger partial charge is 0.494 e. The second kappa shape index (κ2) is 6.87. The molecule has 0 aliphatic carbocycles. The van der Waals surface area contributed by atoms with Crippen LogP contribution in [-0.2, 0) is 10.9 Å². The van der Waals surface area contributed by atoms with E-state index in [4.69, 9.17) is 9.47 Å². The van der Waals surface area contributed by atoms with E-state index < -0.39 is 11.7 Å². The molecule has 8 heteroatoms. The highest BCUT2D eigenvalue weighted by Crippen LogP contribution is 2.44. The number of Topliss-reactive ketones (excluding diaryl/α,β-unsaturated/α-hetero) is 1. The van der Waals surface area contributed by atoms with Gasteiger partial charge in [0.05, 0.1) is 42.5 Å². The number of anilines is 1. The van der Waals surface area contributed by atoms with E-state index in [9.17, 15) is 18.0 Å². The molecule has 22 heavy (non-hydrogen) atoms. The SMILES string of the molecule is COc1c(C(=O)CBr)ccc(C(F)(F)F)c1N1CCOCC1. The minimum Gasteiger partial charge on any atom is -0.494 e. The van der Waals surface area contributed by atoms with Crippen LogP contribution in [0.2, 0.25) is 0 Å². The van der Waals surface area contributed by atoms with E-state index in [1.54, 1.807) is 4.90 Å². The van der Waals surface area contributed by atoms with Crippen molar-refractivity contribution in [1.82, 2.24) is 0 Å². The van der Waals surface area contributed by atoms with E-state index >= 15 is 0 Å². The van der Waals surface area contributed by atoms with Crippen molar-refractivity contribution in [2.75, 3.05) is 43.6 Å². The van der Waals surface area contributed by atoms with Crippen LogP contribution < -0.4 is 9.64 Å². The molecule has 1 aliphatic heterocycles. The zero-order valence-electron chi connectivity index (χ0n) is 11.9. The second-order valence-corrected chi connectivity index (χ2v) is 5.26. The third kappa shape index (κ3) is 3.38. The molecule has 1 saturated heterocycles. The van der Waals surface area contributed by atoms with Gasteiger partial charge in [-0.2, -0.15) is 13.2 Å². The van der Waals surface area contributed by atoms with E-state index in [-0.39, 0.29) is 28.1 Å². The lowest BCUT2D eigenvalue weighted by Gasteiger charge is -2.32. The zero-order chi connectivity index (χ0) is 16.3. The molecule has 0 N–H and O–H groups in total. The maximum absolute atomic E-state index is 13.3. The molecule has 0 atom stereocenters. The summed E-state index contributed by atoms with van der Waals surface area (Å²) in [7, 11) is 1.27. The predicted octanol–water partition coefficient (Wildman–Crippen LogP) is 3.13. The number of ether oxygens (including phenoxy) is 2. The summed E-state index contributed by atoms with van der Waals surface area (Å²) in [5.74, 6) is -0.374. The maximum atomic E-state index is 13.3. The molecule has 0 unspecified atom stereocenters. The topological polar surface area (TPSA) is 38.8 Å². The average molecular weight is 382 g/mol. The van der Waals surface area contributed by atoms with E-state index in [0.717, 1.165) is 12.1 Å². The standard InChI is InChI=1S/C14H15BrF3NO3/c1-21-13-9(11(20)8-15)2-3-10(14(16,17)18)12(13)19-4-6-22-7-5-19/h2-3H,4-8H2,1H3. The Kier molecular flexibility index (Phi) is 5.33. The van der Waals surface area contributed by atoms with Crippen LogP contribution in [-0.4, -0.2) is 44.5 Å². The molecule has 0 saturated carbocycles. The Morgan fingerprint density at radius 2 is 2.00 bits per heavy atom. The van der Waals surface area contributed by atoms with Crippen LogP contribution >= 0.6 is 15.9 Å². The lowest BCUT2D eigenvalue weighted by Crippen LogP contribution is -2.38. The van der Waals surface area contributed by atoms with Crippen LogP contribution in [0.5, 0.6) is 5.75 Å². The normalized spacial score (nSPS) is 15.8. The monoisotopic (exact) mass is 381 g/mol. The van der Waals surface area contributed by atoms with Crippen LogP contribution in [0, 0.1) is 0 Å². The Hall–Kier alpha value is -1.28. The van der Waals surface area contributed by atoms with Gasteiger partial charge in [-0.15, -0.1) is 0 Å². The number of hydrogen-bond acceptors (Lipinski definition) is 4. The quantitative estimate of drug-likeness (QED) is 0.593. The Morgan fingerprint density at radius 1 is 1.36 bits per heavy atom. The van der Waals surface area contributed by atoms with Gasteiger partial charge in [-0.05, 0) is 12.1 Å². The molecule has 1 aliphatic rings. The summed E-state index contributed by atoms with van der Waals surface area (Å²) in [6.07, 6.45) is -4.53. The fourth-order valence-electron chi connectivity index (χ4n) is 2.40. The van der Waals surface area contributed by atoms with Gasteiger partial charge < -0.3 is 14.4 Å². The lowest BCUT2D eigenvalue weighted by molar-refractivity contribution is -0.137. The third-order valence-corrected chi connectivity index (χ3v) is 3.90. The first-order valence-corrected chi connectivity index (χ1v) is 7.72. The number of rotatable bonds is 4. The first-order chi connectivity index (χ1) is 10.4. The van der Waals surface area contributed by atoms with Crippen molar-refractivity contribution in [1.29, 1.82) is 0 Å². The van der Waals surface area contributed by atoms with Crippen molar-refractivity contribution < 1.29 is 27.4 Å². The molecule has 0 spiro atoms. The molecular formula is C14H15BrF3NO3. The first kappa shape index (κ1) is 17.1. The molecule has 4 nitrogen and oxygen atoms in total. The fourth-order valence-corrected chi connectivity index (χ4v) is 2.70. The molecule has 1 heterocycles. The molecule has 122 valence electrons. The lowest BCUT2D eigenvalue weighted by atomic mass is 10.0. The molecule has 1 fully saturated rings. The molecule has 2 rings (SSSR count). The Morgan fingerprint density at radius 3 is 2.50 bits per heavy atom. The minimum atomic E-state index is -4.53. The number of ketones is 1. The third-order valence-electron chi connectivity index (χ3n) is 3.39. The molecule has 1 aromatic carbocycles. The number of hydrogen-bond donors (Lipinski definition) is 0. The van der Waals surface area contributed by atoms with Crippen molar-refractivity contribution in [2.24, 2.45) is 0 Å². The second-order valence-electron chi connectivity index (χ2n) is 4.70. The van der Waals surface area contributed by atoms with Gasteiger partial charge in [-0.1, -0.05) is 15.9 Å². The van der Waals surface area contributed by atoms with E-state index in [2.05, 4.69) is 15.9 Å². The van der Waals surface area contributed by atoms with Crippen molar-refractivity contribution >= 4 is 27.4 Å². The number of nitrogens with zero attached hydrogens (tertiary/aromatic N) is 1. The van der Waals surface area contributed by atoms with Gasteiger partial charge in [0.1, 0.15) is 0 Å². The van der Waals surface area contributed by atoms with Gasteiger partial charge in [0, 0.05) is 13.1 Å². The summed E-state index contributed by atoms with van der Waals surface area (Å²) in [4.78, 5) is 13.5. The van der Waals surface area contributed by atoms with Crippen LogP contribution in [0.1, 0.15) is 15.9 Å². The van der Waals surface area contributed by atoms with Crippen LogP contribution in [0.15, 0.2) is 12.1 Å². The number of carbonyl (C=O) groups excluding carboxylic acids is 1. The van der Waals surface area contributed by atoms with E-state index in [1.807, 2.05) is 0 Å². The summed E-state index contributed by atoms with van der Waals surface area (Å²) in [6, 6.07) is 2.10. The van der Waals surface area contributed by atoms with Gasteiger partial charge >= 0.3 is 6.18 Å². The fraction of sp³-hybridized carbons (Fsp3) is 0.500. The van der Waals surface area contributed by atoms with Gasteiger partial charge in [-0.25, -0.2) is 0 Å². The first-order valence-electron chi connectivity index (χ1n) is 6.60. The smallest absolute Gasteiger partial charge is 0.418 e. The number of carbonyl (C=O) groups is 1. The van der Waals surface area contributed by atoms with Crippen LogP contribution in [0.4, 0.5) is 18.9 Å². The van der Waals surface area contributed by atoms with Gasteiger partial charge in [0.25, 0.3) is 0 Å². The highest BCUT2D eigenvalue weighted by Gasteiger charge is 2.38. The number of methoxy groups -OCH3 is 1. The maximum Gasteiger partial charge on any atom is 0.418 e. The summed E-state index contributed by atoms with van der Waals surface area (Å²) < 4.78 is 50.3. The molecule has 0 aromatic heterocycles. The average Bonchev–Trinajstić information content (AvgIpc) is 2.52. The number of morpholine rings is 1. The van der Waals surface area contributed by atoms with Crippen molar-refractivity contribution in [2.45, 2.75) is 6.18 Å². The molecule has 1 aromatic rings. The van der Waals surface area contributed by atoms with Crippen LogP contribution in [0.3, 0.4) is 0 Å². The van der Waals surface area contributed by atoms with Gasteiger partial charge in [-0.3, -0.25) is 4.79 Å². The molecular weight excluding hydrogens is 367 g/mol. The van der Waals surface area contributed by atoms with Gasteiger partial charge in [0.15, 0.2) is 11.5 Å². The zero-order valence-corrected chi connectivity index (χ0v) is 13.5. The summed E-state index contributed by atoms with van der Waals surface area (Å²) in [5, 5.41) is 0.0112. The van der Waals surface area contributed by atoms with Crippen LogP contribution in [0.25, 0.3) is 0 Å². The number of benzene rings is 1. The van der Waals surface area contributed by atoms with Crippen molar-refractivity contribution in [3.8, 4) is 5.75 Å². The number of alkyl halides is 4. The van der Waals surface area contributed by atoms with Gasteiger partial charge in [0.2, 0.25) is 0 Å². The Labute approximate surface area is 134 Å². The predicted molar refractivity (Wildman–Crippen MR) is 79.2 cm³/mol. The van der Waals surface area contributed by atoms with E-state index in [1.165, 1.54) is 7.11 Å². The molecule has 0 amide bonds. The van der Waals surface area contributed by atoms with Crippen molar-refractivity contribution in [3.05, 3.63) is 23.3 Å². The summed E-state index contributed by atoms with van der Waals surface area (Å²) in [5.41, 5.74) is -0.767. The highest BCUT2D eigenvalue weighted by atomic mass is 79.9. The van der Waals surface area contributed by atoms with Crippen molar-refractivity contribution in [3.63, 3.8) is 0 Å². The Balaban J connectivity index is 2.64. The van der Waals surface area contributed by atoms with E-state index in [0.29, 0.717) is 26.3 Å². The Bertz CT molecular complexity index is 557. The minimum absolute atomic E-state index is 0.0112. The number of halogens is 4. The molecule has 0 bridgehead atoms. The summed E-state index contributed by atoms with van der Waals surface area (Å²) in [6.45, 7) is 1.28. The summed E-state index contributed by atoms with van der Waals surface area (Å²) >= 11 is 3.03. The molecule has 0 radical (unpaired) electrons. The highest BCUT2D eigenvalue weighted by molar-refractivity contribution is 9.09.